The van der Waals surface area contributed by atoms with Crippen LogP contribution in [0, 0.1) is 0 Å². The largest absolute Gasteiger partial charge is 0.504 e. The highest BCUT2D eigenvalue weighted by Crippen LogP contribution is 2.28. The number of nitrogens with one attached hydrogen (secondary N) is 1. The van der Waals surface area contributed by atoms with Gasteiger partial charge >= 0.3 is 0 Å². The fraction of sp³-hybridized carbons (Fsp3) is 0.105. The number of phenolic OH excluding ortho intramolecular Hbond substituents is 1. The average Bonchev–Trinajstić information content (AvgIpc) is 3.06. The van der Waals surface area contributed by atoms with E-state index in [9.17, 15) is 5.11 Å². The number of hydrogen-bond acceptors (Lipinski definition) is 3. The SMILES string of the molecule is COc1ccc(CC=Cc2cc(-c3ccc(Cl)c(Cl)c3)n[nH]2)cc1O. The van der Waals surface area contributed by atoms with E-state index in [0.29, 0.717) is 22.2 Å². The predicted octanol–water partition coefficient (Wildman–Crippen LogP) is 5.35. The Labute approximate surface area is 155 Å². The number of hydrogen-bond donors (Lipinski definition) is 2. The summed E-state index contributed by atoms with van der Waals surface area (Å²) in [7, 11) is 1.53. The van der Waals surface area contributed by atoms with E-state index in [0.717, 1.165) is 22.5 Å². The quantitative estimate of drug-likeness (QED) is 0.632. The molecule has 3 rings (SSSR count). The Balaban J connectivity index is 1.69. The molecule has 1 aromatic heterocycles. The van der Waals surface area contributed by atoms with Crippen molar-refractivity contribution in [1.82, 2.24) is 10.2 Å². The van der Waals surface area contributed by atoms with Gasteiger partial charge in [0.05, 0.1) is 28.5 Å². The molecule has 4 nitrogen and oxygen atoms in total. The van der Waals surface area contributed by atoms with Crippen LogP contribution in [0.5, 0.6) is 11.5 Å². The topological polar surface area (TPSA) is 58.1 Å². The second-order valence-corrected chi connectivity index (χ2v) is 6.26. The molecule has 1 heterocycles. The van der Waals surface area contributed by atoms with Crippen LogP contribution in [0.15, 0.2) is 48.5 Å². The zero-order chi connectivity index (χ0) is 17.8. The van der Waals surface area contributed by atoms with Crippen molar-refractivity contribution in [2.45, 2.75) is 6.42 Å². The first-order valence-corrected chi connectivity index (χ1v) is 8.35. The minimum atomic E-state index is 0.136. The van der Waals surface area contributed by atoms with Crippen molar-refractivity contribution >= 4 is 29.3 Å². The highest BCUT2D eigenvalue weighted by Gasteiger charge is 2.05. The third-order valence-corrected chi connectivity index (χ3v) is 4.45. The zero-order valence-corrected chi connectivity index (χ0v) is 15.0. The lowest BCUT2D eigenvalue weighted by Crippen LogP contribution is -1.86. The summed E-state index contributed by atoms with van der Waals surface area (Å²) in [5.41, 5.74) is 3.54. The van der Waals surface area contributed by atoms with Crippen molar-refractivity contribution in [2.24, 2.45) is 0 Å². The highest BCUT2D eigenvalue weighted by molar-refractivity contribution is 6.42. The Morgan fingerprint density at radius 2 is 1.96 bits per heavy atom. The number of aromatic nitrogens is 2. The average molecular weight is 375 g/mol. The molecule has 0 amide bonds. The van der Waals surface area contributed by atoms with Crippen LogP contribution in [0.25, 0.3) is 17.3 Å². The van der Waals surface area contributed by atoms with Crippen LogP contribution in [-0.2, 0) is 6.42 Å². The van der Waals surface area contributed by atoms with E-state index in [1.807, 2.05) is 30.4 Å². The molecule has 0 aliphatic heterocycles. The maximum Gasteiger partial charge on any atom is 0.160 e. The van der Waals surface area contributed by atoms with E-state index in [-0.39, 0.29) is 5.75 Å². The van der Waals surface area contributed by atoms with E-state index < -0.39 is 0 Å². The summed E-state index contributed by atoms with van der Waals surface area (Å²) in [5.74, 6) is 0.601. The predicted molar refractivity (Wildman–Crippen MR) is 101 cm³/mol. The fourth-order valence-corrected chi connectivity index (χ4v) is 2.71. The van der Waals surface area contributed by atoms with Crippen molar-refractivity contribution in [1.29, 1.82) is 0 Å². The fourth-order valence-electron chi connectivity index (χ4n) is 2.41. The Morgan fingerprint density at radius 1 is 1.12 bits per heavy atom. The molecule has 0 saturated carbocycles. The van der Waals surface area contributed by atoms with Gasteiger partial charge in [-0.25, -0.2) is 0 Å². The van der Waals surface area contributed by atoms with Crippen LogP contribution < -0.4 is 4.74 Å². The smallest absolute Gasteiger partial charge is 0.160 e. The Bertz CT molecular complexity index is 920. The van der Waals surface area contributed by atoms with Gasteiger partial charge in [0.1, 0.15) is 0 Å². The van der Waals surface area contributed by atoms with Gasteiger partial charge in [-0.2, -0.15) is 5.10 Å². The van der Waals surface area contributed by atoms with Gasteiger partial charge in [0.15, 0.2) is 11.5 Å². The number of rotatable bonds is 5. The normalized spacial score (nSPS) is 11.2. The summed E-state index contributed by atoms with van der Waals surface area (Å²) in [6, 6.07) is 12.7. The lowest BCUT2D eigenvalue weighted by molar-refractivity contribution is 0.373. The van der Waals surface area contributed by atoms with Crippen LogP contribution in [0.1, 0.15) is 11.3 Å². The van der Waals surface area contributed by atoms with Crippen LogP contribution >= 0.6 is 23.2 Å². The molecule has 0 fully saturated rings. The van der Waals surface area contributed by atoms with Gasteiger partial charge in [-0.1, -0.05) is 41.4 Å². The van der Waals surface area contributed by atoms with Gasteiger partial charge < -0.3 is 9.84 Å². The van der Waals surface area contributed by atoms with Crippen molar-refractivity contribution in [3.63, 3.8) is 0 Å². The lowest BCUT2D eigenvalue weighted by atomic mass is 10.1. The lowest BCUT2D eigenvalue weighted by Gasteiger charge is -2.04. The summed E-state index contributed by atoms with van der Waals surface area (Å²) < 4.78 is 5.04. The zero-order valence-electron chi connectivity index (χ0n) is 13.5. The maximum atomic E-state index is 9.79. The van der Waals surface area contributed by atoms with Crippen LogP contribution in [0.2, 0.25) is 10.0 Å². The molecule has 0 bridgehead atoms. The molecule has 0 atom stereocenters. The number of methoxy groups -OCH3 is 1. The molecule has 2 aromatic carbocycles. The summed E-state index contributed by atoms with van der Waals surface area (Å²) in [5, 5.41) is 18.1. The molecule has 0 saturated heterocycles. The number of ether oxygens (including phenoxy) is 1. The van der Waals surface area contributed by atoms with Gasteiger partial charge in [0.2, 0.25) is 0 Å². The second-order valence-electron chi connectivity index (χ2n) is 5.45. The number of halogens is 2. The summed E-state index contributed by atoms with van der Waals surface area (Å²) >= 11 is 12.0. The van der Waals surface area contributed by atoms with Crippen molar-refractivity contribution in [2.75, 3.05) is 7.11 Å². The Morgan fingerprint density at radius 3 is 2.68 bits per heavy atom. The van der Waals surface area contributed by atoms with Crippen molar-refractivity contribution in [3.05, 3.63) is 69.8 Å². The monoisotopic (exact) mass is 374 g/mol. The van der Waals surface area contributed by atoms with Crippen molar-refractivity contribution in [3.8, 4) is 22.8 Å². The van der Waals surface area contributed by atoms with E-state index >= 15 is 0 Å². The van der Waals surface area contributed by atoms with Crippen LogP contribution in [-0.4, -0.2) is 22.4 Å². The molecular weight excluding hydrogens is 359 g/mol. The molecule has 25 heavy (non-hydrogen) atoms. The molecule has 0 unspecified atom stereocenters. The first kappa shape index (κ1) is 17.4. The van der Waals surface area contributed by atoms with Gasteiger partial charge in [-0.05, 0) is 48.4 Å². The number of H-pyrrole nitrogens is 1. The number of aromatic hydroxyl groups is 1. The summed E-state index contributed by atoms with van der Waals surface area (Å²) in [6.07, 6.45) is 4.61. The third-order valence-electron chi connectivity index (χ3n) is 3.71. The molecule has 0 aliphatic rings. The van der Waals surface area contributed by atoms with E-state index in [1.165, 1.54) is 7.11 Å². The van der Waals surface area contributed by atoms with Crippen LogP contribution in [0.3, 0.4) is 0 Å². The molecule has 6 heteroatoms. The van der Waals surface area contributed by atoms with Gasteiger partial charge in [-0.15, -0.1) is 0 Å². The molecular formula is C19H16Cl2N2O2. The maximum absolute atomic E-state index is 9.79. The van der Waals surface area contributed by atoms with E-state index in [2.05, 4.69) is 10.2 Å². The molecule has 0 radical (unpaired) electrons. The third kappa shape index (κ3) is 4.16. The number of phenols is 1. The minimum Gasteiger partial charge on any atom is -0.504 e. The summed E-state index contributed by atoms with van der Waals surface area (Å²) in [4.78, 5) is 0. The number of allylic oxidation sites excluding steroid dienone is 1. The molecule has 0 aliphatic carbocycles. The van der Waals surface area contributed by atoms with Gasteiger partial charge in [-0.3, -0.25) is 5.10 Å². The number of aromatic amines is 1. The molecule has 0 spiro atoms. The number of benzene rings is 2. The second kappa shape index (κ2) is 7.64. The molecule has 2 N–H and O–H groups in total. The Hall–Kier alpha value is -2.43. The summed E-state index contributed by atoms with van der Waals surface area (Å²) in [6.45, 7) is 0. The highest BCUT2D eigenvalue weighted by atomic mass is 35.5. The first-order valence-electron chi connectivity index (χ1n) is 7.60. The first-order chi connectivity index (χ1) is 12.1. The van der Waals surface area contributed by atoms with E-state index in [4.69, 9.17) is 27.9 Å². The van der Waals surface area contributed by atoms with Gasteiger partial charge in [0.25, 0.3) is 0 Å². The van der Waals surface area contributed by atoms with Crippen LogP contribution in [0.4, 0.5) is 0 Å². The Kier molecular flexibility index (Phi) is 5.31. The minimum absolute atomic E-state index is 0.136. The van der Waals surface area contributed by atoms with Gasteiger partial charge in [0, 0.05) is 5.56 Å². The van der Waals surface area contributed by atoms with E-state index in [1.54, 1.807) is 24.3 Å². The number of nitrogens with zero attached hydrogens (tertiary/aromatic N) is 1. The molecule has 3 aromatic rings. The molecule has 128 valence electrons. The standard InChI is InChI=1S/C19H16Cl2N2O2/c1-25-19-8-5-12(9-18(19)24)3-2-4-14-11-17(23-22-14)13-6-7-15(20)16(21)10-13/h2,4-11,24H,3H2,1H3,(H,22,23). The van der Waals surface area contributed by atoms with Crippen molar-refractivity contribution < 1.29 is 9.84 Å².